The Morgan fingerprint density at radius 3 is 2.74 bits per heavy atom. The minimum Gasteiger partial charge on any atom is -0.385 e. The van der Waals surface area contributed by atoms with E-state index >= 15 is 0 Å². The van der Waals surface area contributed by atoms with Crippen LogP contribution in [0.25, 0.3) is 0 Å². The summed E-state index contributed by atoms with van der Waals surface area (Å²) in [7, 11) is 1.68. The zero-order valence-electron chi connectivity index (χ0n) is 11.9. The van der Waals surface area contributed by atoms with Gasteiger partial charge in [-0.15, -0.1) is 0 Å². The molecule has 2 nitrogen and oxygen atoms in total. The highest BCUT2D eigenvalue weighted by atomic mass is 35.5. The molecule has 2 atom stereocenters. The summed E-state index contributed by atoms with van der Waals surface area (Å²) < 4.78 is 19.2. The Bertz CT molecular complexity index is 366. The van der Waals surface area contributed by atoms with Gasteiger partial charge >= 0.3 is 0 Å². The molecule has 0 bridgehead atoms. The molecule has 0 aliphatic rings. The first-order chi connectivity index (χ1) is 9.11. The number of nitrogens with one attached hydrogen (secondary N) is 1. The standard InChI is InChI=1S/C15H23ClFNO/c1-4-9-18-15(11(2)8-10-19-3)14-12(16)6-5-7-13(14)17/h5-7,11,15,18H,4,8-10H2,1-3H3. The van der Waals surface area contributed by atoms with E-state index in [0.717, 1.165) is 19.4 Å². The van der Waals surface area contributed by atoms with Gasteiger partial charge in [0.15, 0.2) is 0 Å². The lowest BCUT2D eigenvalue weighted by Gasteiger charge is -2.26. The van der Waals surface area contributed by atoms with Crippen LogP contribution in [-0.2, 0) is 4.74 Å². The Kier molecular flexibility index (Phi) is 7.36. The summed E-state index contributed by atoms with van der Waals surface area (Å²) in [6.07, 6.45) is 1.86. The number of ether oxygens (including phenoxy) is 1. The SMILES string of the molecule is CCCNC(c1c(F)cccc1Cl)C(C)CCOC. The van der Waals surface area contributed by atoms with E-state index < -0.39 is 0 Å². The summed E-state index contributed by atoms with van der Waals surface area (Å²) in [5.74, 6) is 0.00581. The molecule has 1 rings (SSSR count). The average molecular weight is 288 g/mol. The van der Waals surface area contributed by atoms with Crippen molar-refractivity contribution in [2.75, 3.05) is 20.3 Å². The minimum atomic E-state index is -0.245. The molecule has 1 aromatic carbocycles. The van der Waals surface area contributed by atoms with E-state index in [-0.39, 0.29) is 17.8 Å². The van der Waals surface area contributed by atoms with Crippen molar-refractivity contribution in [1.82, 2.24) is 5.32 Å². The smallest absolute Gasteiger partial charge is 0.129 e. The van der Waals surface area contributed by atoms with Crippen LogP contribution in [0, 0.1) is 11.7 Å². The van der Waals surface area contributed by atoms with Gasteiger partial charge in [-0.1, -0.05) is 31.5 Å². The van der Waals surface area contributed by atoms with Gasteiger partial charge in [-0.2, -0.15) is 0 Å². The number of benzene rings is 1. The van der Waals surface area contributed by atoms with Crippen molar-refractivity contribution in [3.05, 3.63) is 34.6 Å². The molecule has 0 aliphatic heterocycles. The quantitative estimate of drug-likeness (QED) is 0.774. The van der Waals surface area contributed by atoms with Crippen LogP contribution in [0.2, 0.25) is 5.02 Å². The zero-order valence-corrected chi connectivity index (χ0v) is 12.6. The van der Waals surface area contributed by atoms with Gasteiger partial charge in [0.1, 0.15) is 5.82 Å². The van der Waals surface area contributed by atoms with Crippen molar-refractivity contribution in [3.63, 3.8) is 0 Å². The first kappa shape index (κ1) is 16.4. The van der Waals surface area contributed by atoms with Crippen LogP contribution >= 0.6 is 11.6 Å². The molecule has 0 amide bonds. The number of rotatable bonds is 8. The molecule has 0 fully saturated rings. The van der Waals surface area contributed by atoms with Crippen LogP contribution in [-0.4, -0.2) is 20.3 Å². The highest BCUT2D eigenvalue weighted by molar-refractivity contribution is 6.31. The molecular weight excluding hydrogens is 265 g/mol. The van der Waals surface area contributed by atoms with E-state index in [4.69, 9.17) is 16.3 Å². The second-order valence-corrected chi connectivity index (χ2v) is 5.23. The number of hydrogen-bond donors (Lipinski definition) is 1. The molecule has 2 unspecified atom stereocenters. The second kappa shape index (κ2) is 8.51. The first-order valence-electron chi connectivity index (χ1n) is 6.78. The molecule has 0 spiro atoms. The van der Waals surface area contributed by atoms with Crippen LogP contribution in [0.1, 0.15) is 38.3 Å². The largest absolute Gasteiger partial charge is 0.385 e. The van der Waals surface area contributed by atoms with Crippen LogP contribution in [0.3, 0.4) is 0 Å². The number of hydrogen-bond acceptors (Lipinski definition) is 2. The van der Waals surface area contributed by atoms with E-state index in [1.54, 1.807) is 19.2 Å². The van der Waals surface area contributed by atoms with Gasteiger partial charge in [0.2, 0.25) is 0 Å². The zero-order chi connectivity index (χ0) is 14.3. The number of halogens is 2. The van der Waals surface area contributed by atoms with Gasteiger partial charge in [0, 0.05) is 30.3 Å². The molecule has 0 radical (unpaired) electrons. The van der Waals surface area contributed by atoms with Gasteiger partial charge in [0.05, 0.1) is 0 Å². The lowest BCUT2D eigenvalue weighted by atomic mass is 9.91. The van der Waals surface area contributed by atoms with Crippen molar-refractivity contribution in [2.45, 2.75) is 32.7 Å². The van der Waals surface area contributed by atoms with Crippen molar-refractivity contribution in [2.24, 2.45) is 5.92 Å². The molecule has 1 aromatic rings. The Hall–Kier alpha value is -0.640. The topological polar surface area (TPSA) is 21.3 Å². The minimum absolute atomic E-state index is 0.0798. The third kappa shape index (κ3) is 4.75. The summed E-state index contributed by atoms with van der Waals surface area (Å²) in [6.45, 7) is 5.69. The fourth-order valence-corrected chi connectivity index (χ4v) is 2.45. The van der Waals surface area contributed by atoms with Gasteiger partial charge in [-0.3, -0.25) is 0 Å². The average Bonchev–Trinajstić information content (AvgIpc) is 2.39. The predicted molar refractivity (Wildman–Crippen MR) is 78.1 cm³/mol. The van der Waals surface area contributed by atoms with Gasteiger partial charge in [-0.05, 0) is 37.4 Å². The summed E-state index contributed by atoms with van der Waals surface area (Å²) in [4.78, 5) is 0. The van der Waals surface area contributed by atoms with E-state index in [1.807, 2.05) is 0 Å². The molecular formula is C15H23ClFNO. The third-order valence-electron chi connectivity index (χ3n) is 3.27. The lowest BCUT2D eigenvalue weighted by Crippen LogP contribution is -2.29. The monoisotopic (exact) mass is 287 g/mol. The second-order valence-electron chi connectivity index (χ2n) is 4.83. The normalized spacial score (nSPS) is 14.4. The van der Waals surface area contributed by atoms with E-state index in [2.05, 4.69) is 19.2 Å². The molecule has 108 valence electrons. The molecule has 0 saturated heterocycles. The van der Waals surface area contributed by atoms with E-state index in [0.29, 0.717) is 17.2 Å². The predicted octanol–water partition coefficient (Wildman–Crippen LogP) is 4.19. The molecule has 4 heteroatoms. The maximum Gasteiger partial charge on any atom is 0.129 e. The van der Waals surface area contributed by atoms with Gasteiger partial charge < -0.3 is 10.1 Å². The molecule has 0 saturated carbocycles. The van der Waals surface area contributed by atoms with Crippen molar-refractivity contribution >= 4 is 11.6 Å². The van der Waals surface area contributed by atoms with Crippen LogP contribution in [0.15, 0.2) is 18.2 Å². The summed E-state index contributed by atoms with van der Waals surface area (Å²) >= 11 is 6.17. The van der Waals surface area contributed by atoms with Crippen LogP contribution in [0.4, 0.5) is 4.39 Å². The summed E-state index contributed by atoms with van der Waals surface area (Å²) in [6, 6.07) is 4.76. The highest BCUT2D eigenvalue weighted by Crippen LogP contribution is 2.32. The number of methoxy groups -OCH3 is 1. The van der Waals surface area contributed by atoms with Gasteiger partial charge in [0.25, 0.3) is 0 Å². The molecule has 19 heavy (non-hydrogen) atoms. The fourth-order valence-electron chi connectivity index (χ4n) is 2.17. The van der Waals surface area contributed by atoms with Crippen molar-refractivity contribution in [1.29, 1.82) is 0 Å². The maximum atomic E-state index is 14.1. The van der Waals surface area contributed by atoms with Crippen LogP contribution in [0.5, 0.6) is 0 Å². The van der Waals surface area contributed by atoms with Gasteiger partial charge in [-0.25, -0.2) is 4.39 Å². The maximum absolute atomic E-state index is 14.1. The fraction of sp³-hybridized carbons (Fsp3) is 0.600. The Morgan fingerprint density at radius 2 is 2.16 bits per heavy atom. The highest BCUT2D eigenvalue weighted by Gasteiger charge is 2.23. The molecule has 0 aromatic heterocycles. The van der Waals surface area contributed by atoms with E-state index in [9.17, 15) is 4.39 Å². The summed E-state index contributed by atoms with van der Waals surface area (Å²) in [5, 5.41) is 3.88. The Morgan fingerprint density at radius 1 is 1.42 bits per heavy atom. The third-order valence-corrected chi connectivity index (χ3v) is 3.60. The summed E-state index contributed by atoms with van der Waals surface area (Å²) in [5.41, 5.74) is 0.571. The van der Waals surface area contributed by atoms with Crippen molar-refractivity contribution < 1.29 is 9.13 Å². The van der Waals surface area contributed by atoms with Crippen molar-refractivity contribution in [3.8, 4) is 0 Å². The lowest BCUT2D eigenvalue weighted by molar-refractivity contribution is 0.169. The Labute approximate surface area is 120 Å². The Balaban J connectivity index is 2.95. The molecule has 1 N–H and O–H groups in total. The molecule has 0 heterocycles. The van der Waals surface area contributed by atoms with E-state index in [1.165, 1.54) is 6.07 Å². The molecule has 0 aliphatic carbocycles. The van der Waals surface area contributed by atoms with Crippen LogP contribution < -0.4 is 5.32 Å². The first-order valence-corrected chi connectivity index (χ1v) is 7.15.